The summed E-state index contributed by atoms with van der Waals surface area (Å²) in [5.41, 5.74) is 0.580. The molecule has 0 aliphatic rings. The first-order valence-corrected chi connectivity index (χ1v) is 8.98. The van der Waals surface area contributed by atoms with Crippen LogP contribution in [-0.4, -0.2) is 30.5 Å². The molecule has 3 aromatic rings. The molecule has 142 valence electrons. The van der Waals surface area contributed by atoms with Crippen LogP contribution in [0.4, 0.5) is 4.79 Å². The Bertz CT molecular complexity index is 942. The number of hydrogen-bond donors (Lipinski definition) is 1. The summed E-state index contributed by atoms with van der Waals surface area (Å²) in [6, 6.07) is 6.44. The second-order valence-corrected chi connectivity index (χ2v) is 6.76. The zero-order valence-electron chi connectivity index (χ0n) is 14.7. The van der Waals surface area contributed by atoms with Crippen LogP contribution in [0.5, 0.6) is 16.7 Å². The van der Waals surface area contributed by atoms with Gasteiger partial charge < -0.3 is 24.1 Å². The molecule has 2 heterocycles. The van der Waals surface area contributed by atoms with E-state index in [0.717, 1.165) is 4.88 Å². The van der Waals surface area contributed by atoms with Gasteiger partial charge in [-0.3, -0.25) is 0 Å². The Morgan fingerprint density at radius 1 is 1.33 bits per heavy atom. The van der Waals surface area contributed by atoms with Crippen molar-refractivity contribution in [2.24, 2.45) is 0 Å². The van der Waals surface area contributed by atoms with Crippen molar-refractivity contribution in [3.63, 3.8) is 0 Å². The largest absolute Gasteiger partial charge is 0.497 e. The van der Waals surface area contributed by atoms with E-state index in [1.54, 1.807) is 44.5 Å². The first-order chi connectivity index (χ1) is 13.0. The van der Waals surface area contributed by atoms with E-state index >= 15 is 0 Å². The molecule has 1 aromatic carbocycles. The molecule has 0 radical (unpaired) electrons. The minimum absolute atomic E-state index is 0.388. The minimum Gasteiger partial charge on any atom is -0.497 e. The van der Waals surface area contributed by atoms with Gasteiger partial charge in [0.1, 0.15) is 17.2 Å². The van der Waals surface area contributed by atoms with Crippen LogP contribution < -0.4 is 14.8 Å². The minimum atomic E-state index is -0.551. The van der Waals surface area contributed by atoms with E-state index in [9.17, 15) is 4.79 Å². The number of methoxy groups -OCH3 is 2. The topological polar surface area (TPSA) is 95.7 Å². The number of aromatic nitrogens is 2. The van der Waals surface area contributed by atoms with Gasteiger partial charge in [0.05, 0.1) is 36.4 Å². The van der Waals surface area contributed by atoms with Crippen LogP contribution in [0.15, 0.2) is 35.0 Å². The van der Waals surface area contributed by atoms with Crippen LogP contribution >= 0.6 is 22.9 Å². The van der Waals surface area contributed by atoms with E-state index in [-0.39, 0.29) is 6.04 Å². The number of nitrogens with zero attached hydrogens (tertiary/aromatic N) is 2. The maximum absolute atomic E-state index is 11.3. The van der Waals surface area contributed by atoms with Gasteiger partial charge in [-0.1, -0.05) is 28.1 Å². The smallest absolute Gasteiger partial charge is 0.407 e. The number of alkyl carbamates (subject to hydrolysis) is 1. The zero-order valence-corrected chi connectivity index (χ0v) is 16.3. The number of thiazole rings is 1. The van der Waals surface area contributed by atoms with Crippen LogP contribution in [0.2, 0.25) is 5.02 Å². The summed E-state index contributed by atoms with van der Waals surface area (Å²) in [5.74, 6) is 1.59. The lowest BCUT2D eigenvalue weighted by Gasteiger charge is -2.08. The predicted octanol–water partition coefficient (Wildman–Crippen LogP) is 4.67. The average Bonchev–Trinajstić information content (AvgIpc) is 3.32. The molecule has 1 N–H and O–H groups in total. The van der Waals surface area contributed by atoms with Gasteiger partial charge in [0, 0.05) is 12.1 Å². The lowest BCUT2D eigenvalue weighted by Crippen LogP contribution is -2.25. The third kappa shape index (κ3) is 4.50. The number of rotatable bonds is 6. The van der Waals surface area contributed by atoms with Gasteiger partial charge >= 0.3 is 6.09 Å². The lowest BCUT2D eigenvalue weighted by molar-refractivity contribution is 0.165. The molecule has 1 atom stereocenters. The summed E-state index contributed by atoms with van der Waals surface area (Å²) in [4.78, 5) is 16.2. The molecule has 0 fully saturated rings. The van der Waals surface area contributed by atoms with Gasteiger partial charge in [-0.25, -0.2) is 9.78 Å². The van der Waals surface area contributed by atoms with Crippen molar-refractivity contribution in [3.8, 4) is 27.3 Å². The van der Waals surface area contributed by atoms with Gasteiger partial charge in [-0.05, 0) is 19.1 Å². The highest BCUT2D eigenvalue weighted by molar-refractivity contribution is 7.16. The highest BCUT2D eigenvalue weighted by atomic mass is 35.5. The molecule has 0 spiro atoms. The fourth-order valence-corrected chi connectivity index (χ4v) is 3.07. The third-order valence-electron chi connectivity index (χ3n) is 3.55. The average molecular weight is 410 g/mol. The number of benzene rings is 1. The Labute approximate surface area is 164 Å². The predicted molar refractivity (Wildman–Crippen MR) is 99.6 cm³/mol. The van der Waals surface area contributed by atoms with Gasteiger partial charge in [0.2, 0.25) is 0 Å². The van der Waals surface area contributed by atoms with Crippen molar-refractivity contribution in [1.82, 2.24) is 15.5 Å². The van der Waals surface area contributed by atoms with Crippen molar-refractivity contribution in [3.05, 3.63) is 41.2 Å². The summed E-state index contributed by atoms with van der Waals surface area (Å²) >= 11 is 7.46. The standard InChI is InChI=1S/C17H16ClN3O5S/c1-9(20-16(22)24-3)14-7-12(21-26-14)15-8-19-17(27-15)25-13-5-4-10(23-2)6-11(13)18/h4-9H,1-3H3,(H,20,22). The molecule has 0 bridgehead atoms. The number of ether oxygens (including phenoxy) is 3. The number of carbonyl (C=O) groups excluding carboxylic acids is 1. The van der Waals surface area contributed by atoms with Crippen LogP contribution in [0, 0.1) is 0 Å². The van der Waals surface area contributed by atoms with Crippen LogP contribution in [-0.2, 0) is 4.74 Å². The number of hydrogen-bond acceptors (Lipinski definition) is 8. The molecule has 3 rings (SSSR count). The van der Waals surface area contributed by atoms with Gasteiger partial charge in [0.15, 0.2) is 5.76 Å². The highest BCUT2D eigenvalue weighted by Gasteiger charge is 2.17. The molecular formula is C17H16ClN3O5S. The molecule has 0 aliphatic carbocycles. The quantitative estimate of drug-likeness (QED) is 0.631. The molecule has 1 unspecified atom stereocenters. The Morgan fingerprint density at radius 2 is 2.15 bits per heavy atom. The summed E-state index contributed by atoms with van der Waals surface area (Å²) in [6.07, 6.45) is 1.07. The summed E-state index contributed by atoms with van der Waals surface area (Å²) in [7, 11) is 2.86. The second-order valence-electron chi connectivity index (χ2n) is 5.36. The molecule has 0 aliphatic heterocycles. The Balaban J connectivity index is 1.72. The number of amides is 1. The van der Waals surface area contributed by atoms with Crippen molar-refractivity contribution in [2.75, 3.05) is 14.2 Å². The Morgan fingerprint density at radius 3 is 2.85 bits per heavy atom. The normalized spacial score (nSPS) is 11.7. The molecule has 1 amide bonds. The van der Waals surface area contributed by atoms with E-state index in [1.165, 1.54) is 18.4 Å². The summed E-state index contributed by atoms with van der Waals surface area (Å²) < 4.78 is 20.7. The first kappa shape index (κ1) is 19.0. The zero-order chi connectivity index (χ0) is 19.4. The van der Waals surface area contributed by atoms with E-state index in [1.807, 2.05) is 0 Å². The SMILES string of the molecule is COC(=O)NC(C)c1cc(-c2cnc(Oc3ccc(OC)cc3Cl)s2)no1. The van der Waals surface area contributed by atoms with Crippen LogP contribution in [0.25, 0.3) is 10.6 Å². The van der Waals surface area contributed by atoms with Crippen molar-refractivity contribution < 1.29 is 23.5 Å². The first-order valence-electron chi connectivity index (χ1n) is 7.79. The van der Waals surface area contributed by atoms with Crippen molar-refractivity contribution in [2.45, 2.75) is 13.0 Å². The monoisotopic (exact) mass is 409 g/mol. The fraction of sp³-hybridized carbons (Fsp3) is 0.235. The van der Waals surface area contributed by atoms with E-state index in [4.69, 9.17) is 25.6 Å². The molecule has 0 saturated heterocycles. The number of halogens is 1. The van der Waals surface area contributed by atoms with Gasteiger partial charge in [-0.2, -0.15) is 0 Å². The van der Waals surface area contributed by atoms with Crippen LogP contribution in [0.3, 0.4) is 0 Å². The molecule has 0 saturated carbocycles. The van der Waals surface area contributed by atoms with E-state index in [0.29, 0.717) is 33.2 Å². The number of carbonyl (C=O) groups is 1. The maximum atomic E-state index is 11.3. The second kappa shape index (κ2) is 8.28. The number of nitrogens with one attached hydrogen (secondary N) is 1. The Kier molecular flexibility index (Phi) is 5.82. The third-order valence-corrected chi connectivity index (χ3v) is 4.74. The van der Waals surface area contributed by atoms with Crippen LogP contribution in [0.1, 0.15) is 18.7 Å². The maximum Gasteiger partial charge on any atom is 0.407 e. The summed E-state index contributed by atoms with van der Waals surface area (Å²) in [5, 5.41) is 7.43. The molecular weight excluding hydrogens is 394 g/mol. The fourth-order valence-electron chi connectivity index (χ4n) is 2.13. The van der Waals surface area contributed by atoms with Gasteiger partial charge in [-0.15, -0.1) is 0 Å². The highest BCUT2D eigenvalue weighted by Crippen LogP contribution is 2.36. The summed E-state index contributed by atoms with van der Waals surface area (Å²) in [6.45, 7) is 1.76. The lowest BCUT2D eigenvalue weighted by atomic mass is 10.2. The molecule has 27 heavy (non-hydrogen) atoms. The Hall–Kier alpha value is -2.78. The molecule has 8 nitrogen and oxygen atoms in total. The van der Waals surface area contributed by atoms with Crippen molar-refractivity contribution >= 4 is 29.0 Å². The van der Waals surface area contributed by atoms with Gasteiger partial charge in [0.25, 0.3) is 5.19 Å². The molecule has 10 heteroatoms. The van der Waals surface area contributed by atoms with E-state index in [2.05, 4.69) is 20.2 Å². The van der Waals surface area contributed by atoms with Crippen molar-refractivity contribution in [1.29, 1.82) is 0 Å². The van der Waals surface area contributed by atoms with E-state index < -0.39 is 6.09 Å². The molecule has 2 aromatic heterocycles.